The standard InChI is InChI=1S/C20H18BrNO3/c1-25-18-8-6-12(21)10-16(18)19-14-4-2-3-13(14)15-9-11(20(23)24)5-7-17(15)22-19/h2-3,5-10,13-14,19,22H,4H2,1H3,(H,23,24)/p-1/t13-,14+,19-/m1/s1. The first-order valence-electron chi connectivity index (χ1n) is 8.20. The Balaban J connectivity index is 1.81. The lowest BCUT2D eigenvalue weighted by Crippen LogP contribution is -2.30. The number of allylic oxidation sites excluding steroid dienone is 2. The van der Waals surface area contributed by atoms with Crippen LogP contribution in [-0.4, -0.2) is 13.1 Å². The summed E-state index contributed by atoms with van der Waals surface area (Å²) < 4.78 is 6.58. The van der Waals surface area contributed by atoms with Crippen molar-refractivity contribution in [3.63, 3.8) is 0 Å². The maximum Gasteiger partial charge on any atom is 0.124 e. The van der Waals surface area contributed by atoms with Crippen LogP contribution in [0.25, 0.3) is 0 Å². The summed E-state index contributed by atoms with van der Waals surface area (Å²) in [5.41, 5.74) is 3.30. The average Bonchev–Trinajstić information content (AvgIpc) is 3.10. The van der Waals surface area contributed by atoms with Crippen LogP contribution in [0.1, 0.15) is 39.9 Å². The van der Waals surface area contributed by atoms with Crippen LogP contribution in [0, 0.1) is 5.92 Å². The van der Waals surface area contributed by atoms with Crippen LogP contribution in [0.15, 0.2) is 53.0 Å². The number of fused-ring (bicyclic) bond motifs is 3. The lowest BCUT2D eigenvalue weighted by molar-refractivity contribution is -0.255. The third kappa shape index (κ3) is 2.72. The lowest BCUT2D eigenvalue weighted by Gasteiger charge is -2.38. The van der Waals surface area contributed by atoms with Gasteiger partial charge in [-0.15, -0.1) is 0 Å². The van der Waals surface area contributed by atoms with E-state index < -0.39 is 5.97 Å². The molecule has 5 heteroatoms. The highest BCUT2D eigenvalue weighted by Gasteiger charge is 2.39. The number of rotatable bonds is 3. The van der Waals surface area contributed by atoms with E-state index in [1.54, 1.807) is 19.2 Å². The minimum Gasteiger partial charge on any atom is -0.545 e. The maximum atomic E-state index is 11.2. The second-order valence-electron chi connectivity index (χ2n) is 6.45. The molecule has 1 aliphatic heterocycles. The maximum absolute atomic E-state index is 11.2. The van der Waals surface area contributed by atoms with E-state index in [4.69, 9.17) is 4.74 Å². The first kappa shape index (κ1) is 16.2. The fraction of sp³-hybridized carbons (Fsp3) is 0.250. The van der Waals surface area contributed by atoms with Crippen LogP contribution in [0.3, 0.4) is 0 Å². The van der Waals surface area contributed by atoms with Crippen molar-refractivity contribution < 1.29 is 14.6 Å². The number of hydrogen-bond acceptors (Lipinski definition) is 4. The molecule has 0 bridgehead atoms. The summed E-state index contributed by atoms with van der Waals surface area (Å²) in [7, 11) is 1.68. The van der Waals surface area contributed by atoms with E-state index in [9.17, 15) is 9.90 Å². The van der Waals surface area contributed by atoms with Crippen molar-refractivity contribution in [1.82, 2.24) is 0 Å². The highest BCUT2D eigenvalue weighted by Crippen LogP contribution is 2.51. The molecule has 0 fully saturated rings. The van der Waals surface area contributed by atoms with Crippen molar-refractivity contribution in [2.45, 2.75) is 18.4 Å². The molecule has 2 aliphatic rings. The van der Waals surface area contributed by atoms with E-state index in [1.807, 2.05) is 18.2 Å². The van der Waals surface area contributed by atoms with Gasteiger partial charge in [0.2, 0.25) is 0 Å². The van der Waals surface area contributed by atoms with Gasteiger partial charge in [0.1, 0.15) is 5.75 Å². The van der Waals surface area contributed by atoms with Crippen molar-refractivity contribution >= 4 is 27.6 Å². The van der Waals surface area contributed by atoms with Crippen LogP contribution >= 0.6 is 15.9 Å². The van der Waals surface area contributed by atoms with Crippen molar-refractivity contribution in [1.29, 1.82) is 0 Å². The van der Waals surface area contributed by atoms with Gasteiger partial charge in [-0.05, 0) is 53.8 Å². The smallest absolute Gasteiger partial charge is 0.124 e. The Labute approximate surface area is 154 Å². The van der Waals surface area contributed by atoms with Crippen LogP contribution in [0.5, 0.6) is 5.75 Å². The molecule has 25 heavy (non-hydrogen) atoms. The Kier molecular flexibility index (Phi) is 4.04. The number of anilines is 1. The Morgan fingerprint density at radius 3 is 2.84 bits per heavy atom. The van der Waals surface area contributed by atoms with E-state index in [0.29, 0.717) is 5.92 Å². The number of nitrogens with one attached hydrogen (secondary N) is 1. The number of carboxylic acid groups (broad SMARTS) is 1. The van der Waals surface area contributed by atoms with Gasteiger partial charge in [-0.3, -0.25) is 0 Å². The summed E-state index contributed by atoms with van der Waals surface area (Å²) in [5, 5.41) is 14.8. The molecule has 0 saturated heterocycles. The number of ether oxygens (including phenoxy) is 1. The van der Waals surface area contributed by atoms with Crippen LogP contribution in [0.4, 0.5) is 5.69 Å². The monoisotopic (exact) mass is 398 g/mol. The molecule has 128 valence electrons. The normalized spacial score (nSPS) is 23.5. The second kappa shape index (κ2) is 6.23. The van der Waals surface area contributed by atoms with Gasteiger partial charge in [0.05, 0.1) is 19.1 Å². The quantitative estimate of drug-likeness (QED) is 0.801. The number of methoxy groups -OCH3 is 1. The van der Waals surface area contributed by atoms with Crippen molar-refractivity contribution in [3.8, 4) is 5.75 Å². The topological polar surface area (TPSA) is 61.4 Å². The summed E-state index contributed by atoms with van der Waals surface area (Å²) in [6.07, 6.45) is 5.29. The van der Waals surface area contributed by atoms with Gasteiger partial charge in [0.25, 0.3) is 0 Å². The Morgan fingerprint density at radius 1 is 1.24 bits per heavy atom. The first-order valence-corrected chi connectivity index (χ1v) is 8.99. The number of hydrogen-bond donors (Lipinski definition) is 1. The number of carbonyl (C=O) groups excluding carboxylic acids is 1. The Morgan fingerprint density at radius 2 is 2.08 bits per heavy atom. The van der Waals surface area contributed by atoms with Crippen LogP contribution in [0.2, 0.25) is 0 Å². The molecule has 0 aromatic heterocycles. The van der Waals surface area contributed by atoms with Gasteiger partial charge in [0, 0.05) is 21.6 Å². The zero-order valence-electron chi connectivity index (χ0n) is 13.7. The Hall–Kier alpha value is -2.27. The lowest BCUT2D eigenvalue weighted by atomic mass is 9.76. The number of aromatic carboxylic acids is 1. The fourth-order valence-electron chi connectivity index (χ4n) is 3.98. The zero-order valence-corrected chi connectivity index (χ0v) is 15.2. The summed E-state index contributed by atoms with van der Waals surface area (Å²) in [6, 6.07) is 11.3. The van der Waals surface area contributed by atoms with Gasteiger partial charge in [-0.25, -0.2) is 0 Å². The van der Waals surface area contributed by atoms with Crippen molar-refractivity contribution in [2.75, 3.05) is 12.4 Å². The molecule has 0 amide bonds. The summed E-state index contributed by atoms with van der Waals surface area (Å²) >= 11 is 3.55. The number of carboxylic acids is 1. The van der Waals surface area contributed by atoms with Crippen LogP contribution < -0.4 is 15.2 Å². The molecule has 1 heterocycles. The SMILES string of the molecule is COc1ccc(Br)cc1[C@@H]1Nc2ccc(C(=O)[O-])cc2[C@@H]2C=CC[C@@H]21. The number of benzene rings is 2. The third-order valence-corrected chi connectivity index (χ3v) is 5.62. The summed E-state index contributed by atoms with van der Waals surface area (Å²) in [4.78, 5) is 11.2. The van der Waals surface area contributed by atoms with Gasteiger partial charge >= 0.3 is 0 Å². The van der Waals surface area contributed by atoms with Gasteiger partial charge in [-0.2, -0.15) is 0 Å². The first-order chi connectivity index (χ1) is 12.1. The average molecular weight is 399 g/mol. The largest absolute Gasteiger partial charge is 0.545 e. The highest BCUT2D eigenvalue weighted by molar-refractivity contribution is 9.10. The van der Waals surface area contributed by atoms with Gasteiger partial charge in [-0.1, -0.05) is 34.1 Å². The Bertz CT molecular complexity index is 877. The highest BCUT2D eigenvalue weighted by atomic mass is 79.9. The molecule has 4 rings (SSSR count). The van der Waals surface area contributed by atoms with E-state index in [1.165, 1.54) is 0 Å². The number of carbonyl (C=O) groups is 1. The van der Waals surface area contributed by atoms with E-state index >= 15 is 0 Å². The molecule has 1 aliphatic carbocycles. The van der Waals surface area contributed by atoms with Crippen molar-refractivity contribution in [2.24, 2.45) is 5.92 Å². The third-order valence-electron chi connectivity index (χ3n) is 5.13. The van der Waals surface area contributed by atoms with Gasteiger partial charge < -0.3 is 20.0 Å². The molecule has 3 atom stereocenters. The van der Waals surface area contributed by atoms with E-state index in [0.717, 1.165) is 33.5 Å². The zero-order chi connectivity index (χ0) is 17.6. The van der Waals surface area contributed by atoms with Crippen LogP contribution in [-0.2, 0) is 0 Å². The minimum absolute atomic E-state index is 0.0914. The van der Waals surface area contributed by atoms with E-state index in [2.05, 4.69) is 39.5 Å². The molecule has 4 nitrogen and oxygen atoms in total. The fourth-order valence-corrected chi connectivity index (χ4v) is 4.36. The summed E-state index contributed by atoms with van der Waals surface area (Å²) in [6.45, 7) is 0. The number of halogens is 1. The molecule has 2 aromatic rings. The van der Waals surface area contributed by atoms with Crippen molar-refractivity contribution in [3.05, 3.63) is 69.7 Å². The predicted octanol–water partition coefficient (Wildman–Crippen LogP) is 3.65. The molecule has 0 spiro atoms. The molecule has 0 radical (unpaired) electrons. The molecule has 0 unspecified atom stereocenters. The molecule has 0 saturated carbocycles. The van der Waals surface area contributed by atoms with Gasteiger partial charge in [0.15, 0.2) is 0 Å². The van der Waals surface area contributed by atoms with E-state index in [-0.39, 0.29) is 17.5 Å². The molecule has 1 N–H and O–H groups in total. The second-order valence-corrected chi connectivity index (χ2v) is 7.37. The predicted molar refractivity (Wildman–Crippen MR) is 97.8 cm³/mol. The molecule has 2 aromatic carbocycles. The minimum atomic E-state index is -1.14. The molecular formula is C20H17BrNO3-. The summed E-state index contributed by atoms with van der Waals surface area (Å²) in [5.74, 6) is 0.204. The molecular weight excluding hydrogens is 382 g/mol.